The standard InChI is InChI=1S/C26H36N2O3/c1-18-2-4-23(5-3-18)31-17-24(29)27-22-6-8-28(9-7-22)25(30)16-26-13-19-10-20(14-26)12-21(11-19)15-26/h2-5,19-22H,6-17H2,1H3,(H,27,29). The molecule has 1 N–H and O–H groups in total. The van der Waals surface area contributed by atoms with E-state index in [9.17, 15) is 9.59 Å². The maximum Gasteiger partial charge on any atom is 0.258 e. The summed E-state index contributed by atoms with van der Waals surface area (Å²) < 4.78 is 5.58. The number of nitrogens with zero attached hydrogens (tertiary/aromatic N) is 1. The van der Waals surface area contributed by atoms with Crippen molar-refractivity contribution in [2.45, 2.75) is 70.8 Å². The second-order valence-electron chi connectivity index (χ2n) is 10.9. The third-order valence-corrected chi connectivity index (χ3v) is 8.29. The molecule has 2 amide bonds. The van der Waals surface area contributed by atoms with Gasteiger partial charge in [0.05, 0.1) is 0 Å². The Labute approximate surface area is 185 Å². The Kier molecular flexibility index (Phi) is 5.70. The van der Waals surface area contributed by atoms with Crippen LogP contribution in [0.3, 0.4) is 0 Å². The van der Waals surface area contributed by atoms with Crippen LogP contribution in [0.5, 0.6) is 5.75 Å². The number of benzene rings is 1. The van der Waals surface area contributed by atoms with E-state index < -0.39 is 0 Å². The molecule has 4 bridgehead atoms. The molecule has 4 aliphatic carbocycles. The maximum atomic E-state index is 13.1. The molecule has 31 heavy (non-hydrogen) atoms. The van der Waals surface area contributed by atoms with Crippen molar-refractivity contribution in [2.24, 2.45) is 23.2 Å². The predicted octanol–water partition coefficient (Wildman–Crippen LogP) is 4.09. The summed E-state index contributed by atoms with van der Waals surface area (Å²) in [5, 5.41) is 3.08. The van der Waals surface area contributed by atoms with E-state index in [0.717, 1.165) is 50.1 Å². The lowest BCUT2D eigenvalue weighted by molar-refractivity contribution is -0.140. The summed E-state index contributed by atoms with van der Waals surface area (Å²) in [6.07, 6.45) is 10.6. The molecule has 4 saturated carbocycles. The number of hydrogen-bond acceptors (Lipinski definition) is 3. The summed E-state index contributed by atoms with van der Waals surface area (Å²) in [5.41, 5.74) is 1.48. The van der Waals surface area contributed by atoms with Crippen molar-refractivity contribution in [3.05, 3.63) is 29.8 Å². The third-order valence-electron chi connectivity index (χ3n) is 8.29. The molecule has 1 aromatic carbocycles. The van der Waals surface area contributed by atoms with E-state index in [1.165, 1.54) is 44.1 Å². The van der Waals surface area contributed by atoms with Crippen LogP contribution in [-0.2, 0) is 9.59 Å². The first kappa shape index (κ1) is 20.8. The summed E-state index contributed by atoms with van der Waals surface area (Å²) in [6, 6.07) is 7.86. The van der Waals surface area contributed by atoms with Crippen molar-refractivity contribution < 1.29 is 14.3 Å². The van der Waals surface area contributed by atoms with E-state index in [0.29, 0.717) is 17.1 Å². The summed E-state index contributed by atoms with van der Waals surface area (Å²) >= 11 is 0. The molecule has 1 saturated heterocycles. The van der Waals surface area contributed by atoms with Gasteiger partial charge in [-0.25, -0.2) is 0 Å². The molecule has 5 fully saturated rings. The number of ether oxygens (including phenoxy) is 1. The van der Waals surface area contributed by atoms with E-state index in [1.54, 1.807) is 0 Å². The SMILES string of the molecule is Cc1ccc(OCC(=O)NC2CCN(C(=O)CC34CC5CC(CC(C5)C3)C4)CC2)cc1. The number of rotatable bonds is 6. The quantitative estimate of drug-likeness (QED) is 0.748. The van der Waals surface area contributed by atoms with Crippen molar-refractivity contribution >= 4 is 11.8 Å². The van der Waals surface area contributed by atoms with Crippen LogP contribution >= 0.6 is 0 Å². The van der Waals surface area contributed by atoms with Gasteiger partial charge in [-0.05, 0) is 93.6 Å². The lowest BCUT2D eigenvalue weighted by atomic mass is 9.49. The summed E-state index contributed by atoms with van der Waals surface area (Å²) in [5.74, 6) is 3.66. The van der Waals surface area contributed by atoms with E-state index in [4.69, 9.17) is 4.74 Å². The molecule has 1 heterocycles. The molecule has 0 unspecified atom stereocenters. The number of amides is 2. The van der Waals surface area contributed by atoms with Crippen LogP contribution < -0.4 is 10.1 Å². The van der Waals surface area contributed by atoms with Crippen LogP contribution in [0.25, 0.3) is 0 Å². The van der Waals surface area contributed by atoms with Gasteiger partial charge >= 0.3 is 0 Å². The molecule has 5 nitrogen and oxygen atoms in total. The zero-order chi connectivity index (χ0) is 21.4. The van der Waals surface area contributed by atoms with Crippen molar-refractivity contribution in [2.75, 3.05) is 19.7 Å². The van der Waals surface area contributed by atoms with Gasteiger partial charge in [-0.3, -0.25) is 9.59 Å². The average molecular weight is 425 g/mol. The van der Waals surface area contributed by atoms with Gasteiger partial charge in [0.25, 0.3) is 5.91 Å². The van der Waals surface area contributed by atoms with Crippen LogP contribution in [0, 0.1) is 30.1 Å². The fourth-order valence-corrected chi connectivity index (χ4v) is 7.27. The molecular weight excluding hydrogens is 388 g/mol. The van der Waals surface area contributed by atoms with E-state index in [-0.39, 0.29) is 18.6 Å². The molecule has 0 radical (unpaired) electrons. The van der Waals surface area contributed by atoms with Gasteiger partial charge in [0.15, 0.2) is 6.61 Å². The zero-order valence-corrected chi connectivity index (χ0v) is 18.8. The molecule has 5 heteroatoms. The van der Waals surface area contributed by atoms with Gasteiger partial charge < -0.3 is 15.0 Å². The van der Waals surface area contributed by atoms with Crippen LogP contribution in [0.15, 0.2) is 24.3 Å². The highest BCUT2D eigenvalue weighted by atomic mass is 16.5. The predicted molar refractivity (Wildman–Crippen MR) is 120 cm³/mol. The molecule has 0 atom stereocenters. The highest BCUT2D eigenvalue weighted by Gasteiger charge is 2.51. The average Bonchev–Trinajstić information content (AvgIpc) is 2.72. The normalized spacial score (nSPS) is 32.2. The number of hydrogen-bond donors (Lipinski definition) is 1. The molecule has 168 valence electrons. The smallest absolute Gasteiger partial charge is 0.258 e. The molecule has 6 rings (SSSR count). The van der Waals surface area contributed by atoms with E-state index in [1.807, 2.05) is 31.2 Å². The van der Waals surface area contributed by atoms with Crippen LogP contribution in [0.2, 0.25) is 0 Å². The van der Waals surface area contributed by atoms with Gasteiger partial charge in [-0.1, -0.05) is 17.7 Å². The number of carbonyl (C=O) groups excluding carboxylic acids is 2. The minimum atomic E-state index is -0.0843. The van der Waals surface area contributed by atoms with Crippen molar-refractivity contribution in [3.8, 4) is 5.75 Å². The number of likely N-dealkylation sites (tertiary alicyclic amines) is 1. The first-order valence-electron chi connectivity index (χ1n) is 12.2. The van der Waals surface area contributed by atoms with Crippen molar-refractivity contribution in [1.82, 2.24) is 10.2 Å². The Morgan fingerprint density at radius 1 is 1.00 bits per heavy atom. The largest absolute Gasteiger partial charge is 0.484 e. The highest BCUT2D eigenvalue weighted by Crippen LogP contribution is 2.61. The fraction of sp³-hybridized carbons (Fsp3) is 0.692. The maximum absolute atomic E-state index is 13.1. The molecule has 0 spiro atoms. The Morgan fingerprint density at radius 3 is 2.16 bits per heavy atom. The molecule has 5 aliphatic rings. The Balaban J connectivity index is 1.05. The van der Waals surface area contributed by atoms with Crippen molar-refractivity contribution in [3.63, 3.8) is 0 Å². The van der Waals surface area contributed by atoms with Crippen LogP contribution in [-0.4, -0.2) is 42.5 Å². The third kappa shape index (κ3) is 4.75. The lowest BCUT2D eigenvalue weighted by Gasteiger charge is -2.57. The fourth-order valence-electron chi connectivity index (χ4n) is 7.27. The lowest BCUT2D eigenvalue weighted by Crippen LogP contribution is -2.51. The molecule has 0 aromatic heterocycles. The first-order valence-corrected chi connectivity index (χ1v) is 12.2. The molecule has 1 aromatic rings. The van der Waals surface area contributed by atoms with Gasteiger partial charge in [-0.2, -0.15) is 0 Å². The first-order chi connectivity index (χ1) is 15.0. The summed E-state index contributed by atoms with van der Waals surface area (Å²) in [6.45, 7) is 3.58. The highest BCUT2D eigenvalue weighted by molar-refractivity contribution is 5.78. The van der Waals surface area contributed by atoms with E-state index in [2.05, 4.69) is 10.2 Å². The Morgan fingerprint density at radius 2 is 1.58 bits per heavy atom. The van der Waals surface area contributed by atoms with Crippen molar-refractivity contribution in [1.29, 1.82) is 0 Å². The number of nitrogens with one attached hydrogen (secondary N) is 1. The minimum absolute atomic E-state index is 0.0359. The van der Waals surface area contributed by atoms with Gasteiger partial charge in [0.2, 0.25) is 5.91 Å². The van der Waals surface area contributed by atoms with Crippen LogP contribution in [0.1, 0.15) is 63.4 Å². The van der Waals surface area contributed by atoms with Gasteiger partial charge in [0, 0.05) is 25.6 Å². The number of aryl methyl sites for hydroxylation is 1. The minimum Gasteiger partial charge on any atom is -0.484 e. The topological polar surface area (TPSA) is 58.6 Å². The second-order valence-corrected chi connectivity index (χ2v) is 10.9. The second kappa shape index (κ2) is 8.48. The summed E-state index contributed by atoms with van der Waals surface area (Å²) in [4.78, 5) is 27.4. The zero-order valence-electron chi connectivity index (χ0n) is 18.8. The van der Waals surface area contributed by atoms with E-state index >= 15 is 0 Å². The molecular formula is C26H36N2O3. The summed E-state index contributed by atoms with van der Waals surface area (Å²) in [7, 11) is 0. The van der Waals surface area contributed by atoms with Crippen LogP contribution in [0.4, 0.5) is 0 Å². The monoisotopic (exact) mass is 424 g/mol. The van der Waals surface area contributed by atoms with Gasteiger partial charge in [-0.15, -0.1) is 0 Å². The number of carbonyl (C=O) groups is 2. The number of piperidine rings is 1. The Bertz CT molecular complexity index is 775. The Hall–Kier alpha value is -2.04. The van der Waals surface area contributed by atoms with Gasteiger partial charge in [0.1, 0.15) is 5.75 Å². The molecule has 1 aliphatic heterocycles.